The smallest absolute Gasteiger partial charge is 0.264 e. The van der Waals surface area contributed by atoms with E-state index in [0.717, 1.165) is 17.7 Å². The zero-order valence-electron chi connectivity index (χ0n) is 11.1. The lowest BCUT2D eigenvalue weighted by atomic mass is 10.2. The number of aromatic nitrogens is 2. The van der Waals surface area contributed by atoms with Gasteiger partial charge in [-0.05, 0) is 35.9 Å². The van der Waals surface area contributed by atoms with Crippen molar-refractivity contribution >= 4 is 12.2 Å². The minimum Gasteiger partial charge on any atom is -0.333 e. The third-order valence-electron chi connectivity index (χ3n) is 2.91. The first kappa shape index (κ1) is 14.1. The highest BCUT2D eigenvalue weighted by Gasteiger charge is 2.17. The van der Waals surface area contributed by atoms with Gasteiger partial charge in [-0.2, -0.15) is 4.98 Å². The van der Waals surface area contributed by atoms with E-state index in [1.54, 1.807) is 18.2 Å². The summed E-state index contributed by atoms with van der Waals surface area (Å²) in [6.45, 7) is 0. The summed E-state index contributed by atoms with van der Waals surface area (Å²) in [4.78, 5) is 3.92. The van der Waals surface area contributed by atoms with Gasteiger partial charge in [0.2, 0.25) is 0 Å². The highest BCUT2D eigenvalue weighted by Crippen LogP contribution is 2.24. The Kier molecular flexibility index (Phi) is 3.74. The minimum absolute atomic E-state index is 0.155. The van der Waals surface area contributed by atoms with Gasteiger partial charge in [0.05, 0.1) is 0 Å². The molecule has 0 aliphatic heterocycles. The first-order valence-corrected chi connectivity index (χ1v) is 6.35. The summed E-state index contributed by atoms with van der Waals surface area (Å²) < 4.78 is 44.9. The fraction of sp³-hybridized carbons (Fsp3) is 0. The molecule has 1 aromatic heterocycles. The van der Waals surface area contributed by atoms with E-state index in [4.69, 9.17) is 4.52 Å². The van der Waals surface area contributed by atoms with Crippen molar-refractivity contribution in [3.63, 3.8) is 0 Å². The average molecular weight is 302 g/mol. The molecule has 0 spiro atoms. The maximum absolute atomic E-state index is 13.6. The maximum Gasteiger partial charge on any atom is 0.264 e. The number of rotatable bonds is 3. The lowest BCUT2D eigenvalue weighted by Gasteiger charge is -1.97. The molecule has 110 valence electrons. The molecule has 1 heterocycles. The quantitative estimate of drug-likeness (QED) is 0.723. The first-order chi connectivity index (χ1) is 10.6. The molecule has 3 nitrogen and oxygen atoms in total. The summed E-state index contributed by atoms with van der Waals surface area (Å²) in [5, 5.41) is 3.63. The van der Waals surface area contributed by atoms with Crippen molar-refractivity contribution in [2.75, 3.05) is 0 Å². The fourth-order valence-electron chi connectivity index (χ4n) is 1.85. The second-order valence-corrected chi connectivity index (χ2v) is 4.44. The van der Waals surface area contributed by atoms with Gasteiger partial charge < -0.3 is 4.52 Å². The van der Waals surface area contributed by atoms with Crippen LogP contribution in [0.5, 0.6) is 0 Å². The second-order valence-electron chi connectivity index (χ2n) is 4.44. The largest absolute Gasteiger partial charge is 0.333 e. The zero-order valence-corrected chi connectivity index (χ0v) is 11.1. The summed E-state index contributed by atoms with van der Waals surface area (Å²) in [6.07, 6.45) is 3.13. The van der Waals surface area contributed by atoms with Crippen LogP contribution in [0.15, 0.2) is 47.0 Å². The molecule has 0 atom stereocenters. The summed E-state index contributed by atoms with van der Waals surface area (Å²) in [6, 6.07) is 9.24. The van der Waals surface area contributed by atoms with E-state index in [0.29, 0.717) is 0 Å². The first-order valence-electron chi connectivity index (χ1n) is 6.35. The van der Waals surface area contributed by atoms with Crippen LogP contribution in [0.2, 0.25) is 0 Å². The van der Waals surface area contributed by atoms with E-state index in [1.165, 1.54) is 24.3 Å². The van der Waals surface area contributed by atoms with E-state index in [9.17, 15) is 13.2 Å². The molecule has 3 aromatic rings. The van der Waals surface area contributed by atoms with Crippen LogP contribution >= 0.6 is 0 Å². The number of hydrogen-bond donors (Lipinski definition) is 0. The van der Waals surface area contributed by atoms with E-state index in [2.05, 4.69) is 10.1 Å². The van der Waals surface area contributed by atoms with Crippen molar-refractivity contribution in [3.8, 4) is 11.5 Å². The molecule has 0 aliphatic rings. The third-order valence-corrected chi connectivity index (χ3v) is 2.91. The number of halogens is 3. The number of nitrogens with zero attached hydrogens (tertiary/aromatic N) is 2. The van der Waals surface area contributed by atoms with Crippen LogP contribution in [0.1, 0.15) is 11.4 Å². The van der Waals surface area contributed by atoms with Gasteiger partial charge in [0.15, 0.2) is 5.82 Å². The van der Waals surface area contributed by atoms with Crippen molar-refractivity contribution in [1.29, 1.82) is 0 Å². The zero-order chi connectivity index (χ0) is 15.5. The Morgan fingerprint density at radius 1 is 0.864 bits per heavy atom. The van der Waals surface area contributed by atoms with Crippen molar-refractivity contribution in [1.82, 2.24) is 10.1 Å². The highest BCUT2D eigenvalue weighted by atomic mass is 19.1. The summed E-state index contributed by atoms with van der Waals surface area (Å²) in [5.74, 6) is -1.99. The van der Waals surface area contributed by atoms with Gasteiger partial charge in [0, 0.05) is 0 Å². The molecule has 2 aromatic carbocycles. The Hall–Kier alpha value is -2.89. The third kappa shape index (κ3) is 2.90. The second kappa shape index (κ2) is 5.85. The molecule has 6 heteroatoms. The van der Waals surface area contributed by atoms with Gasteiger partial charge >= 0.3 is 0 Å². The summed E-state index contributed by atoms with van der Waals surface area (Å²) >= 11 is 0. The molecule has 22 heavy (non-hydrogen) atoms. The molecule has 0 N–H and O–H groups in total. The van der Waals surface area contributed by atoms with Crippen LogP contribution in [0.4, 0.5) is 13.2 Å². The van der Waals surface area contributed by atoms with Crippen molar-refractivity contribution in [2.45, 2.75) is 0 Å². The molecule has 0 saturated carbocycles. The Labute approximate surface area is 123 Å². The molecule has 0 bridgehead atoms. The van der Waals surface area contributed by atoms with E-state index >= 15 is 0 Å². The van der Waals surface area contributed by atoms with Crippen LogP contribution in [0, 0.1) is 17.5 Å². The standard InChI is InChI=1S/C16H9F3N2O/c17-11-7-4-10(5-8-11)6-9-14-20-16(22-21-14)15-12(18)2-1-3-13(15)19/h1-9H/b9-6+. The lowest BCUT2D eigenvalue weighted by molar-refractivity contribution is 0.423. The summed E-state index contributed by atoms with van der Waals surface area (Å²) in [7, 11) is 0. The average Bonchev–Trinajstić information content (AvgIpc) is 2.95. The Balaban J connectivity index is 1.86. The molecule has 0 unspecified atom stereocenters. The van der Waals surface area contributed by atoms with Crippen LogP contribution < -0.4 is 0 Å². The maximum atomic E-state index is 13.6. The Bertz CT molecular complexity index is 805. The van der Waals surface area contributed by atoms with Crippen LogP contribution in [-0.2, 0) is 0 Å². The SMILES string of the molecule is Fc1ccc(/C=C/c2noc(-c3c(F)cccc3F)n2)cc1. The Morgan fingerprint density at radius 3 is 2.23 bits per heavy atom. The highest BCUT2D eigenvalue weighted by molar-refractivity contribution is 5.67. The van der Waals surface area contributed by atoms with E-state index < -0.39 is 11.6 Å². The van der Waals surface area contributed by atoms with E-state index in [1.807, 2.05) is 0 Å². The van der Waals surface area contributed by atoms with Gasteiger partial charge in [-0.25, -0.2) is 13.2 Å². The van der Waals surface area contributed by atoms with Crippen LogP contribution in [0.3, 0.4) is 0 Å². The van der Waals surface area contributed by atoms with Gasteiger partial charge in [0.25, 0.3) is 5.89 Å². The molecular formula is C16H9F3N2O. The lowest BCUT2D eigenvalue weighted by Crippen LogP contribution is -1.89. The fourth-order valence-corrected chi connectivity index (χ4v) is 1.85. The molecule has 0 saturated heterocycles. The molecule has 3 rings (SSSR count). The monoisotopic (exact) mass is 302 g/mol. The topological polar surface area (TPSA) is 38.9 Å². The van der Waals surface area contributed by atoms with Gasteiger partial charge in [-0.1, -0.05) is 29.4 Å². The normalized spacial score (nSPS) is 11.2. The summed E-state index contributed by atoms with van der Waals surface area (Å²) in [5.41, 5.74) is 0.362. The molecule has 0 aliphatic carbocycles. The van der Waals surface area contributed by atoms with E-state index in [-0.39, 0.29) is 23.1 Å². The molecule has 0 radical (unpaired) electrons. The number of benzene rings is 2. The van der Waals surface area contributed by atoms with Crippen LogP contribution in [-0.4, -0.2) is 10.1 Å². The van der Waals surface area contributed by atoms with Crippen molar-refractivity contribution < 1.29 is 17.7 Å². The molecule has 0 amide bonds. The molecule has 0 fully saturated rings. The predicted octanol–water partition coefficient (Wildman–Crippen LogP) is 4.32. The Morgan fingerprint density at radius 2 is 1.55 bits per heavy atom. The predicted molar refractivity (Wildman–Crippen MR) is 75.0 cm³/mol. The minimum atomic E-state index is -0.780. The van der Waals surface area contributed by atoms with Crippen LogP contribution in [0.25, 0.3) is 23.6 Å². The number of hydrogen-bond acceptors (Lipinski definition) is 3. The van der Waals surface area contributed by atoms with Gasteiger partial charge in [0.1, 0.15) is 23.0 Å². The van der Waals surface area contributed by atoms with Gasteiger partial charge in [-0.15, -0.1) is 0 Å². The van der Waals surface area contributed by atoms with Gasteiger partial charge in [-0.3, -0.25) is 0 Å². The van der Waals surface area contributed by atoms with Crippen molar-refractivity contribution in [2.24, 2.45) is 0 Å². The van der Waals surface area contributed by atoms with Crippen molar-refractivity contribution in [3.05, 3.63) is 71.3 Å². The molecular weight excluding hydrogens is 293 g/mol.